The van der Waals surface area contributed by atoms with Gasteiger partial charge < -0.3 is 4.74 Å². The van der Waals surface area contributed by atoms with Crippen LogP contribution in [0.4, 0.5) is 18.9 Å². The summed E-state index contributed by atoms with van der Waals surface area (Å²) in [5.41, 5.74) is 3.23. The van der Waals surface area contributed by atoms with Crippen molar-refractivity contribution in [3.63, 3.8) is 0 Å². The van der Waals surface area contributed by atoms with Crippen LogP contribution in [0.25, 0.3) is 0 Å². The molecule has 0 aliphatic carbocycles. The molecule has 0 fully saturated rings. The molecule has 0 aromatic heterocycles. The van der Waals surface area contributed by atoms with Crippen LogP contribution < -0.4 is 4.74 Å². The van der Waals surface area contributed by atoms with Crippen molar-refractivity contribution >= 4 is 11.9 Å². The molecule has 0 unspecified atom stereocenters. The number of hydrogen-bond donors (Lipinski definition) is 0. The van der Waals surface area contributed by atoms with Gasteiger partial charge in [0.05, 0.1) is 5.56 Å². The quantitative estimate of drug-likeness (QED) is 0.512. The fourth-order valence-electron chi connectivity index (χ4n) is 3.22. The summed E-state index contributed by atoms with van der Waals surface area (Å²) in [6.07, 6.45) is -2.49. The van der Waals surface area contributed by atoms with Crippen LogP contribution in [0.5, 0.6) is 5.75 Å². The van der Waals surface area contributed by atoms with Crippen LogP contribution >= 0.6 is 0 Å². The number of fused-ring (bicyclic) bond motifs is 1. The van der Waals surface area contributed by atoms with Gasteiger partial charge in [0.15, 0.2) is 6.21 Å². The monoisotopic (exact) mass is 390 g/mol. The maximum Gasteiger partial charge on any atom is 0.416 e. The van der Waals surface area contributed by atoms with E-state index in [0.29, 0.717) is 12.3 Å². The highest BCUT2D eigenvalue weighted by molar-refractivity contribution is 5.77. The fraction of sp³-hybridized carbons (Fsp3) is 0.435. The first-order chi connectivity index (χ1) is 12.8. The lowest BCUT2D eigenvalue weighted by molar-refractivity contribution is -0.452. The van der Waals surface area contributed by atoms with Crippen molar-refractivity contribution in [1.82, 2.24) is 0 Å². The van der Waals surface area contributed by atoms with Gasteiger partial charge in [-0.2, -0.15) is 17.7 Å². The molecular formula is C23H27F3NO+. The Morgan fingerprint density at radius 3 is 1.96 bits per heavy atom. The standard InChI is InChI=1S/C23H27F3NO/c1-21(2,3)17-11-18(22(4,5)6)20-19(12-17)27(14-28-20)13-15-7-9-16(10-8-15)23(24,25)26/h7-13H,14H2,1-6H3/q+1/b27-13-. The van der Waals surface area contributed by atoms with Crippen molar-refractivity contribution in [2.24, 2.45) is 0 Å². The summed E-state index contributed by atoms with van der Waals surface area (Å²) in [5.74, 6) is 0.851. The Bertz CT molecular complexity index is 911. The molecule has 1 aliphatic rings. The third-order valence-corrected chi connectivity index (χ3v) is 4.94. The Hall–Kier alpha value is -2.30. The first-order valence-corrected chi connectivity index (χ1v) is 9.37. The fourth-order valence-corrected chi connectivity index (χ4v) is 3.22. The highest BCUT2D eigenvalue weighted by Gasteiger charge is 2.35. The topological polar surface area (TPSA) is 12.2 Å². The van der Waals surface area contributed by atoms with Gasteiger partial charge in [0.2, 0.25) is 5.75 Å². The summed E-state index contributed by atoms with van der Waals surface area (Å²) in [6.45, 7) is 13.3. The molecule has 2 aromatic rings. The SMILES string of the molecule is CC(C)(C)c1cc2c(c(C(C)(C)C)c1)OC/[N+]2=C/c1ccc(C(F)(F)F)cc1. The number of alkyl halides is 3. The molecular weight excluding hydrogens is 363 g/mol. The molecule has 2 aromatic carbocycles. The molecule has 0 spiro atoms. The third-order valence-electron chi connectivity index (χ3n) is 4.94. The Kier molecular flexibility index (Phi) is 4.85. The maximum atomic E-state index is 12.8. The van der Waals surface area contributed by atoms with E-state index in [0.717, 1.165) is 29.1 Å². The van der Waals surface area contributed by atoms with Crippen molar-refractivity contribution in [2.45, 2.75) is 58.5 Å². The lowest BCUT2D eigenvalue weighted by Gasteiger charge is -2.25. The molecule has 0 saturated heterocycles. The van der Waals surface area contributed by atoms with E-state index >= 15 is 0 Å². The minimum absolute atomic E-state index is 0.0301. The van der Waals surface area contributed by atoms with Crippen molar-refractivity contribution in [3.05, 3.63) is 58.7 Å². The number of rotatable bonds is 1. The van der Waals surface area contributed by atoms with E-state index < -0.39 is 11.7 Å². The van der Waals surface area contributed by atoms with E-state index in [1.807, 2.05) is 10.8 Å². The van der Waals surface area contributed by atoms with Crippen molar-refractivity contribution in [1.29, 1.82) is 0 Å². The van der Waals surface area contributed by atoms with Crippen LogP contribution in [0.3, 0.4) is 0 Å². The predicted molar refractivity (Wildman–Crippen MR) is 106 cm³/mol. The summed E-state index contributed by atoms with van der Waals surface area (Å²) in [7, 11) is 0. The normalized spacial score (nSPS) is 16.2. The second kappa shape index (κ2) is 6.64. The van der Waals surface area contributed by atoms with E-state index in [1.54, 1.807) is 0 Å². The average molecular weight is 390 g/mol. The van der Waals surface area contributed by atoms with Gasteiger partial charge in [-0.3, -0.25) is 0 Å². The zero-order valence-corrected chi connectivity index (χ0v) is 17.2. The summed E-state index contributed by atoms with van der Waals surface area (Å²) in [5, 5.41) is 0. The van der Waals surface area contributed by atoms with Gasteiger partial charge in [-0.05, 0) is 40.7 Å². The van der Waals surface area contributed by atoms with Crippen LogP contribution in [-0.4, -0.2) is 17.5 Å². The van der Waals surface area contributed by atoms with Gasteiger partial charge in [0.25, 0.3) is 12.4 Å². The van der Waals surface area contributed by atoms with Gasteiger partial charge in [-0.1, -0.05) is 47.6 Å². The Morgan fingerprint density at radius 1 is 0.857 bits per heavy atom. The van der Waals surface area contributed by atoms with Crippen LogP contribution in [-0.2, 0) is 17.0 Å². The molecule has 1 aliphatic heterocycles. The lowest BCUT2D eigenvalue weighted by Crippen LogP contribution is -2.17. The molecule has 3 rings (SSSR count). The zero-order chi connectivity index (χ0) is 20.9. The highest BCUT2D eigenvalue weighted by Crippen LogP contribution is 2.44. The molecule has 0 radical (unpaired) electrons. The van der Waals surface area contributed by atoms with E-state index in [-0.39, 0.29) is 10.8 Å². The van der Waals surface area contributed by atoms with Crippen molar-refractivity contribution < 1.29 is 22.5 Å². The van der Waals surface area contributed by atoms with Gasteiger partial charge in [-0.15, -0.1) is 0 Å². The van der Waals surface area contributed by atoms with Crippen LogP contribution in [0.2, 0.25) is 0 Å². The summed E-state index contributed by atoms with van der Waals surface area (Å²) in [6, 6.07) is 9.52. The van der Waals surface area contributed by atoms with Crippen LogP contribution in [0.1, 0.15) is 63.8 Å². The number of nitrogens with zero attached hydrogens (tertiary/aromatic N) is 1. The number of benzene rings is 2. The molecule has 0 atom stereocenters. The first kappa shape index (κ1) is 20.4. The Balaban J connectivity index is 2.09. The van der Waals surface area contributed by atoms with E-state index in [1.165, 1.54) is 17.7 Å². The van der Waals surface area contributed by atoms with Gasteiger partial charge in [-0.25, -0.2) is 0 Å². The first-order valence-electron chi connectivity index (χ1n) is 9.37. The molecule has 150 valence electrons. The number of ether oxygens (including phenoxy) is 1. The largest absolute Gasteiger partial charge is 0.429 e. The van der Waals surface area contributed by atoms with Crippen molar-refractivity contribution in [3.8, 4) is 5.75 Å². The minimum atomic E-state index is -4.33. The zero-order valence-electron chi connectivity index (χ0n) is 17.2. The second-order valence-corrected chi connectivity index (χ2v) is 9.36. The lowest BCUT2D eigenvalue weighted by atomic mass is 9.80. The summed E-state index contributed by atoms with van der Waals surface area (Å²) in [4.78, 5) is 0. The number of halogens is 3. The van der Waals surface area contributed by atoms with E-state index in [9.17, 15) is 13.2 Å². The average Bonchev–Trinajstić information content (AvgIpc) is 2.95. The molecule has 0 amide bonds. The van der Waals surface area contributed by atoms with Gasteiger partial charge in [0.1, 0.15) is 0 Å². The molecule has 2 nitrogen and oxygen atoms in total. The molecule has 0 bridgehead atoms. The number of hydrogen-bond acceptors (Lipinski definition) is 1. The molecule has 0 saturated carbocycles. The summed E-state index contributed by atoms with van der Waals surface area (Å²) >= 11 is 0. The second-order valence-electron chi connectivity index (χ2n) is 9.36. The molecule has 5 heteroatoms. The van der Waals surface area contributed by atoms with Gasteiger partial charge >= 0.3 is 6.18 Å². The Labute approximate surface area is 164 Å². The minimum Gasteiger partial charge on any atom is -0.429 e. The van der Waals surface area contributed by atoms with Crippen LogP contribution in [0, 0.1) is 0 Å². The van der Waals surface area contributed by atoms with Crippen molar-refractivity contribution in [2.75, 3.05) is 6.73 Å². The predicted octanol–water partition coefficient (Wildman–Crippen LogP) is 6.41. The Morgan fingerprint density at radius 2 is 1.46 bits per heavy atom. The van der Waals surface area contributed by atoms with E-state index in [4.69, 9.17) is 4.74 Å². The summed E-state index contributed by atoms with van der Waals surface area (Å²) < 4.78 is 46.3. The molecule has 1 heterocycles. The van der Waals surface area contributed by atoms with Crippen LogP contribution in [0.15, 0.2) is 36.4 Å². The molecule has 0 N–H and O–H groups in total. The van der Waals surface area contributed by atoms with Gasteiger partial charge in [0, 0.05) is 17.2 Å². The van der Waals surface area contributed by atoms with E-state index in [2.05, 4.69) is 53.7 Å². The molecule has 28 heavy (non-hydrogen) atoms. The third kappa shape index (κ3) is 4.08. The smallest absolute Gasteiger partial charge is 0.416 e. The highest BCUT2D eigenvalue weighted by atomic mass is 19.4. The maximum absolute atomic E-state index is 12.8.